The van der Waals surface area contributed by atoms with Gasteiger partial charge in [0.2, 0.25) is 0 Å². The normalized spacial score (nSPS) is 17.6. The average molecular weight is 302 g/mol. The molecule has 0 fully saturated rings. The summed E-state index contributed by atoms with van der Waals surface area (Å²) >= 11 is 3.42. The first-order valence-corrected chi connectivity index (χ1v) is 6.40. The van der Waals surface area contributed by atoms with E-state index >= 15 is 0 Å². The molecule has 0 saturated heterocycles. The number of fused-ring (bicyclic) bond motifs is 1. The number of hydrogen-bond donors (Lipinski definition) is 2. The van der Waals surface area contributed by atoms with E-state index in [9.17, 15) is 5.11 Å². The van der Waals surface area contributed by atoms with Gasteiger partial charge in [-0.1, -0.05) is 6.92 Å². The predicted octanol–water partition coefficient (Wildman–Crippen LogP) is 1.85. The van der Waals surface area contributed by atoms with E-state index in [1.165, 1.54) is 0 Å². The maximum absolute atomic E-state index is 10.1. The summed E-state index contributed by atoms with van der Waals surface area (Å²) in [6, 6.07) is 3.67. The molecule has 0 amide bonds. The smallest absolute Gasteiger partial charge is 0.175 e. The fourth-order valence-electron chi connectivity index (χ4n) is 1.76. The maximum atomic E-state index is 10.1. The summed E-state index contributed by atoms with van der Waals surface area (Å²) in [5.41, 5.74) is 6.35. The van der Waals surface area contributed by atoms with Crippen molar-refractivity contribution in [1.82, 2.24) is 0 Å². The van der Waals surface area contributed by atoms with Crippen molar-refractivity contribution in [3.05, 3.63) is 22.2 Å². The Balaban J connectivity index is 2.33. The van der Waals surface area contributed by atoms with Gasteiger partial charge >= 0.3 is 0 Å². The maximum Gasteiger partial charge on any atom is 0.175 e. The molecule has 0 bridgehead atoms. The SMILES string of the molecule is CC(CN)C(O)c1cc(Br)c2c(c1)OCCO2. The molecule has 3 N–H and O–H groups in total. The van der Waals surface area contributed by atoms with E-state index in [2.05, 4.69) is 15.9 Å². The molecule has 0 aliphatic carbocycles. The van der Waals surface area contributed by atoms with Gasteiger partial charge in [0.05, 0.1) is 10.6 Å². The van der Waals surface area contributed by atoms with Crippen molar-refractivity contribution in [3.63, 3.8) is 0 Å². The van der Waals surface area contributed by atoms with Gasteiger partial charge in [-0.15, -0.1) is 0 Å². The Morgan fingerprint density at radius 2 is 2.12 bits per heavy atom. The lowest BCUT2D eigenvalue weighted by Gasteiger charge is -2.23. The van der Waals surface area contributed by atoms with Crippen LogP contribution in [-0.4, -0.2) is 24.9 Å². The third kappa shape index (κ3) is 2.56. The minimum Gasteiger partial charge on any atom is -0.486 e. The van der Waals surface area contributed by atoms with Crippen LogP contribution in [0.1, 0.15) is 18.6 Å². The molecule has 2 unspecified atom stereocenters. The number of halogens is 1. The van der Waals surface area contributed by atoms with E-state index in [0.717, 1.165) is 10.0 Å². The van der Waals surface area contributed by atoms with Crippen molar-refractivity contribution >= 4 is 15.9 Å². The molecule has 1 aromatic rings. The molecule has 0 radical (unpaired) electrons. The van der Waals surface area contributed by atoms with E-state index < -0.39 is 6.10 Å². The zero-order chi connectivity index (χ0) is 12.4. The highest BCUT2D eigenvalue weighted by atomic mass is 79.9. The highest BCUT2D eigenvalue weighted by Crippen LogP contribution is 2.40. The van der Waals surface area contributed by atoms with E-state index in [-0.39, 0.29) is 5.92 Å². The molecule has 2 atom stereocenters. The first-order valence-electron chi connectivity index (χ1n) is 5.60. The van der Waals surface area contributed by atoms with Gasteiger partial charge in [0.15, 0.2) is 11.5 Å². The Hall–Kier alpha value is -0.780. The number of rotatable bonds is 3. The number of ether oxygens (including phenoxy) is 2. The summed E-state index contributed by atoms with van der Waals surface area (Å²) in [5, 5.41) is 10.1. The lowest BCUT2D eigenvalue weighted by molar-refractivity contribution is 0.120. The van der Waals surface area contributed by atoms with Crippen LogP contribution in [-0.2, 0) is 0 Å². The van der Waals surface area contributed by atoms with Crippen LogP contribution in [0.3, 0.4) is 0 Å². The molecule has 1 aliphatic rings. The standard InChI is InChI=1S/C12H16BrNO3/c1-7(6-14)11(15)8-4-9(13)12-10(5-8)16-2-3-17-12/h4-5,7,11,15H,2-3,6,14H2,1H3. The van der Waals surface area contributed by atoms with Crippen LogP contribution in [0, 0.1) is 5.92 Å². The molecule has 4 nitrogen and oxygen atoms in total. The first kappa shape index (κ1) is 12.7. The third-order valence-corrected chi connectivity index (χ3v) is 3.46. The molecule has 5 heteroatoms. The van der Waals surface area contributed by atoms with Gasteiger partial charge in [0.25, 0.3) is 0 Å². The second-order valence-electron chi connectivity index (χ2n) is 4.18. The minimum absolute atomic E-state index is 0.00413. The van der Waals surface area contributed by atoms with Crippen LogP contribution in [0.5, 0.6) is 11.5 Å². The van der Waals surface area contributed by atoms with Crippen molar-refractivity contribution in [2.75, 3.05) is 19.8 Å². The van der Waals surface area contributed by atoms with Crippen molar-refractivity contribution in [3.8, 4) is 11.5 Å². The van der Waals surface area contributed by atoms with Gasteiger partial charge in [-0.05, 0) is 46.1 Å². The number of aliphatic hydroxyl groups is 1. The Kier molecular flexibility index (Phi) is 3.91. The Morgan fingerprint density at radius 3 is 2.82 bits per heavy atom. The summed E-state index contributed by atoms with van der Waals surface area (Å²) in [6.07, 6.45) is -0.591. The molecule has 1 aromatic carbocycles. The van der Waals surface area contributed by atoms with Crippen molar-refractivity contribution in [2.45, 2.75) is 13.0 Å². The van der Waals surface area contributed by atoms with Crippen LogP contribution in [0.2, 0.25) is 0 Å². The topological polar surface area (TPSA) is 64.7 Å². The Labute approximate surface area is 109 Å². The van der Waals surface area contributed by atoms with Crippen LogP contribution in [0.15, 0.2) is 16.6 Å². The lowest BCUT2D eigenvalue weighted by atomic mass is 9.97. The predicted molar refractivity (Wildman–Crippen MR) is 68.3 cm³/mol. The number of nitrogens with two attached hydrogens (primary N) is 1. The van der Waals surface area contributed by atoms with Gasteiger partial charge in [-0.25, -0.2) is 0 Å². The van der Waals surface area contributed by atoms with E-state index in [4.69, 9.17) is 15.2 Å². The molecule has 1 heterocycles. The molecule has 2 rings (SSSR count). The highest BCUT2D eigenvalue weighted by molar-refractivity contribution is 9.10. The molecule has 1 aliphatic heterocycles. The molecule has 0 spiro atoms. The van der Waals surface area contributed by atoms with Crippen molar-refractivity contribution < 1.29 is 14.6 Å². The number of benzene rings is 1. The van der Waals surface area contributed by atoms with Crippen molar-refractivity contribution in [2.24, 2.45) is 11.7 Å². The summed E-state index contributed by atoms with van der Waals surface area (Å²) in [7, 11) is 0. The highest BCUT2D eigenvalue weighted by Gasteiger charge is 2.21. The first-order chi connectivity index (χ1) is 8.13. The molecular weight excluding hydrogens is 286 g/mol. The summed E-state index contributed by atoms with van der Waals surface area (Å²) in [4.78, 5) is 0. The fraction of sp³-hybridized carbons (Fsp3) is 0.500. The summed E-state index contributed by atoms with van der Waals surface area (Å²) < 4.78 is 11.8. The van der Waals surface area contributed by atoms with Gasteiger partial charge in [-0.2, -0.15) is 0 Å². The fourth-order valence-corrected chi connectivity index (χ4v) is 2.33. The van der Waals surface area contributed by atoms with Crippen LogP contribution >= 0.6 is 15.9 Å². The van der Waals surface area contributed by atoms with E-state index in [1.807, 2.05) is 19.1 Å². The van der Waals surface area contributed by atoms with Gasteiger partial charge in [0.1, 0.15) is 13.2 Å². The van der Waals surface area contributed by atoms with Crippen LogP contribution in [0.4, 0.5) is 0 Å². The van der Waals surface area contributed by atoms with E-state index in [0.29, 0.717) is 31.3 Å². The van der Waals surface area contributed by atoms with Gasteiger partial charge < -0.3 is 20.3 Å². The third-order valence-electron chi connectivity index (χ3n) is 2.87. The van der Waals surface area contributed by atoms with Gasteiger partial charge in [-0.3, -0.25) is 0 Å². The summed E-state index contributed by atoms with van der Waals surface area (Å²) in [6.45, 7) is 3.43. The molecular formula is C12H16BrNO3. The zero-order valence-electron chi connectivity index (χ0n) is 9.65. The lowest BCUT2D eigenvalue weighted by Crippen LogP contribution is -2.20. The number of aliphatic hydroxyl groups excluding tert-OH is 1. The monoisotopic (exact) mass is 301 g/mol. The second kappa shape index (κ2) is 5.25. The van der Waals surface area contributed by atoms with Gasteiger partial charge in [0, 0.05) is 0 Å². The minimum atomic E-state index is -0.591. The number of hydrogen-bond acceptors (Lipinski definition) is 4. The second-order valence-corrected chi connectivity index (χ2v) is 5.04. The zero-order valence-corrected chi connectivity index (χ0v) is 11.2. The molecule has 0 saturated carbocycles. The quantitative estimate of drug-likeness (QED) is 0.894. The van der Waals surface area contributed by atoms with Crippen LogP contribution in [0.25, 0.3) is 0 Å². The van der Waals surface area contributed by atoms with Crippen molar-refractivity contribution in [1.29, 1.82) is 0 Å². The van der Waals surface area contributed by atoms with E-state index in [1.54, 1.807) is 0 Å². The molecule has 0 aromatic heterocycles. The largest absolute Gasteiger partial charge is 0.486 e. The Bertz CT molecular complexity index is 411. The molecule has 17 heavy (non-hydrogen) atoms. The molecule has 94 valence electrons. The van der Waals surface area contributed by atoms with Crippen LogP contribution < -0.4 is 15.2 Å². The average Bonchev–Trinajstić information content (AvgIpc) is 2.37. The Morgan fingerprint density at radius 1 is 1.41 bits per heavy atom. The summed E-state index contributed by atoms with van der Waals surface area (Å²) in [5.74, 6) is 1.38.